The molecule has 0 amide bonds. The molecular weight excluding hydrogens is 342 g/mol. The summed E-state index contributed by atoms with van der Waals surface area (Å²) in [5.74, 6) is 4.71. The van der Waals surface area contributed by atoms with E-state index in [1.165, 1.54) is 12.1 Å². The number of benzene rings is 1. The van der Waals surface area contributed by atoms with Gasteiger partial charge in [0.05, 0.1) is 15.7 Å². The lowest BCUT2D eigenvalue weighted by molar-refractivity contribution is 0.600. The van der Waals surface area contributed by atoms with Crippen LogP contribution < -0.4 is 16.0 Å². The van der Waals surface area contributed by atoms with Crippen molar-refractivity contribution in [2.24, 2.45) is 5.84 Å². The molecule has 1 aromatic heterocycles. The number of hydrogen-bond donors (Lipinski definition) is 3. The van der Waals surface area contributed by atoms with E-state index < -0.39 is 15.8 Å². The van der Waals surface area contributed by atoms with Gasteiger partial charge in [0, 0.05) is 6.20 Å². The maximum atomic E-state index is 12.9. The molecule has 10 heteroatoms. The fourth-order valence-corrected chi connectivity index (χ4v) is 3.06. The maximum Gasteiger partial charge on any atom is 0.263 e. The molecule has 0 bridgehead atoms. The summed E-state index contributed by atoms with van der Waals surface area (Å²) in [4.78, 5) is 3.57. The number of nitrogen functional groups attached to an aromatic ring is 1. The summed E-state index contributed by atoms with van der Waals surface area (Å²) in [5, 5.41) is -0.0385. The molecule has 0 unspecified atom stereocenters. The molecule has 0 aliphatic heterocycles. The highest BCUT2D eigenvalue weighted by molar-refractivity contribution is 7.92. The zero-order chi connectivity index (χ0) is 15.6. The predicted molar refractivity (Wildman–Crippen MR) is 79.3 cm³/mol. The van der Waals surface area contributed by atoms with Crippen molar-refractivity contribution >= 4 is 44.7 Å². The molecule has 0 aliphatic rings. The lowest BCUT2D eigenvalue weighted by atomic mass is 10.3. The van der Waals surface area contributed by atoms with Crippen molar-refractivity contribution in [3.8, 4) is 0 Å². The van der Waals surface area contributed by atoms with Crippen LogP contribution in [-0.2, 0) is 10.0 Å². The number of aromatic nitrogens is 1. The van der Waals surface area contributed by atoms with E-state index >= 15 is 0 Å². The van der Waals surface area contributed by atoms with Gasteiger partial charge in [0.25, 0.3) is 10.0 Å². The molecule has 0 radical (unpaired) electrons. The summed E-state index contributed by atoms with van der Waals surface area (Å²) in [6.45, 7) is 0. The van der Waals surface area contributed by atoms with Gasteiger partial charge in [-0.05, 0) is 24.3 Å². The molecule has 6 nitrogen and oxygen atoms in total. The molecule has 2 rings (SSSR count). The summed E-state index contributed by atoms with van der Waals surface area (Å²) in [6.07, 6.45) is 1.07. The standard InChI is InChI=1S/C11H9Cl2FN4O2S/c12-8-3-6(14)1-2-10(8)18-21(19,20)7-4-9(13)11(17-15)16-5-7/h1-5,18H,15H2,(H,16,17). The Labute approximate surface area is 130 Å². The van der Waals surface area contributed by atoms with Crippen LogP contribution in [0.1, 0.15) is 0 Å². The van der Waals surface area contributed by atoms with E-state index in [2.05, 4.69) is 15.1 Å². The van der Waals surface area contributed by atoms with Gasteiger partial charge in [-0.1, -0.05) is 23.2 Å². The highest BCUT2D eigenvalue weighted by Gasteiger charge is 2.18. The van der Waals surface area contributed by atoms with Crippen molar-refractivity contribution in [3.05, 3.63) is 46.3 Å². The van der Waals surface area contributed by atoms with Crippen LogP contribution in [0.5, 0.6) is 0 Å². The van der Waals surface area contributed by atoms with Crippen LogP contribution in [0.25, 0.3) is 0 Å². The molecule has 2 aromatic rings. The van der Waals surface area contributed by atoms with E-state index in [9.17, 15) is 12.8 Å². The summed E-state index contributed by atoms with van der Waals surface area (Å²) in [6, 6.07) is 4.45. The molecule has 0 atom stereocenters. The monoisotopic (exact) mass is 350 g/mol. The molecule has 0 aliphatic carbocycles. The summed E-state index contributed by atoms with van der Waals surface area (Å²) >= 11 is 11.6. The van der Waals surface area contributed by atoms with Gasteiger partial charge in [-0.25, -0.2) is 23.6 Å². The number of halogens is 3. The number of hydrogen-bond acceptors (Lipinski definition) is 5. The van der Waals surface area contributed by atoms with Crippen LogP contribution in [0, 0.1) is 5.82 Å². The third-order valence-electron chi connectivity index (χ3n) is 2.44. The molecular formula is C11H9Cl2FN4O2S. The first kappa shape index (κ1) is 15.8. The highest BCUT2D eigenvalue weighted by Crippen LogP contribution is 2.27. The smallest absolute Gasteiger partial charge is 0.263 e. The first-order chi connectivity index (χ1) is 9.83. The molecule has 0 fully saturated rings. The zero-order valence-electron chi connectivity index (χ0n) is 10.3. The van der Waals surface area contributed by atoms with E-state index in [1.54, 1.807) is 0 Å². The lowest BCUT2D eigenvalue weighted by Crippen LogP contribution is -2.15. The maximum absolute atomic E-state index is 12.9. The lowest BCUT2D eigenvalue weighted by Gasteiger charge is -2.10. The minimum absolute atomic E-state index is 0.0329. The molecule has 0 saturated carbocycles. The molecule has 0 spiro atoms. The zero-order valence-corrected chi connectivity index (χ0v) is 12.6. The number of nitrogens with two attached hydrogens (primary N) is 1. The van der Waals surface area contributed by atoms with Gasteiger partial charge in [-0.2, -0.15) is 0 Å². The Balaban J connectivity index is 2.36. The Morgan fingerprint density at radius 3 is 2.48 bits per heavy atom. The number of anilines is 2. The van der Waals surface area contributed by atoms with Crippen LogP contribution >= 0.6 is 23.2 Å². The van der Waals surface area contributed by atoms with Gasteiger partial charge in [-0.3, -0.25) is 4.72 Å². The first-order valence-corrected chi connectivity index (χ1v) is 7.67. The van der Waals surface area contributed by atoms with Crippen molar-refractivity contribution in [1.82, 2.24) is 4.98 Å². The second-order valence-electron chi connectivity index (χ2n) is 3.88. The van der Waals surface area contributed by atoms with E-state index in [0.717, 1.165) is 18.3 Å². The second kappa shape index (κ2) is 6.02. The minimum atomic E-state index is -3.97. The Kier molecular flexibility index (Phi) is 4.52. The van der Waals surface area contributed by atoms with Gasteiger partial charge >= 0.3 is 0 Å². The highest BCUT2D eigenvalue weighted by atomic mass is 35.5. The van der Waals surface area contributed by atoms with E-state index in [-0.39, 0.29) is 26.4 Å². The fourth-order valence-electron chi connectivity index (χ4n) is 1.45. The summed E-state index contributed by atoms with van der Waals surface area (Å²) in [7, 11) is -3.97. The quantitative estimate of drug-likeness (QED) is 0.581. The number of pyridine rings is 1. The van der Waals surface area contributed by atoms with E-state index in [4.69, 9.17) is 29.0 Å². The largest absolute Gasteiger partial charge is 0.307 e. The topological polar surface area (TPSA) is 97.1 Å². The third-order valence-corrected chi connectivity index (χ3v) is 4.37. The number of rotatable bonds is 4. The van der Waals surface area contributed by atoms with Crippen molar-refractivity contribution < 1.29 is 12.8 Å². The van der Waals surface area contributed by atoms with Gasteiger partial charge in [0.2, 0.25) is 0 Å². The van der Waals surface area contributed by atoms with Gasteiger partial charge in [0.15, 0.2) is 5.82 Å². The summed E-state index contributed by atoms with van der Waals surface area (Å²) < 4.78 is 39.5. The number of nitrogens with zero attached hydrogens (tertiary/aromatic N) is 1. The Hall–Kier alpha value is -1.61. The van der Waals surface area contributed by atoms with Crippen molar-refractivity contribution in [2.45, 2.75) is 4.90 Å². The number of sulfonamides is 1. The Morgan fingerprint density at radius 2 is 1.90 bits per heavy atom. The average Bonchev–Trinajstić information content (AvgIpc) is 2.42. The molecule has 0 saturated heterocycles. The van der Waals surface area contributed by atoms with Crippen molar-refractivity contribution in [2.75, 3.05) is 10.1 Å². The third kappa shape index (κ3) is 3.53. The van der Waals surface area contributed by atoms with Gasteiger partial charge < -0.3 is 5.43 Å². The van der Waals surface area contributed by atoms with E-state index in [1.807, 2.05) is 0 Å². The molecule has 21 heavy (non-hydrogen) atoms. The second-order valence-corrected chi connectivity index (χ2v) is 6.37. The molecule has 4 N–H and O–H groups in total. The van der Waals surface area contributed by atoms with Crippen molar-refractivity contribution in [1.29, 1.82) is 0 Å². The average molecular weight is 351 g/mol. The fraction of sp³-hybridized carbons (Fsp3) is 0. The van der Waals surface area contributed by atoms with Crippen LogP contribution in [0.3, 0.4) is 0 Å². The Morgan fingerprint density at radius 1 is 1.19 bits per heavy atom. The van der Waals surface area contributed by atoms with Crippen LogP contribution in [0.15, 0.2) is 35.4 Å². The predicted octanol–water partition coefficient (Wildman–Crippen LogP) is 2.61. The minimum Gasteiger partial charge on any atom is -0.307 e. The van der Waals surface area contributed by atoms with Gasteiger partial charge in [0.1, 0.15) is 10.7 Å². The molecule has 112 valence electrons. The number of nitrogens with one attached hydrogen (secondary N) is 2. The van der Waals surface area contributed by atoms with Crippen LogP contribution in [0.2, 0.25) is 10.0 Å². The number of hydrazine groups is 1. The molecule has 1 heterocycles. The van der Waals surface area contributed by atoms with Gasteiger partial charge in [-0.15, -0.1) is 0 Å². The van der Waals surface area contributed by atoms with Crippen LogP contribution in [0.4, 0.5) is 15.9 Å². The van der Waals surface area contributed by atoms with E-state index in [0.29, 0.717) is 0 Å². The SMILES string of the molecule is NNc1ncc(S(=O)(=O)Nc2ccc(F)cc2Cl)cc1Cl. The normalized spacial score (nSPS) is 11.2. The molecule has 1 aromatic carbocycles. The first-order valence-electron chi connectivity index (χ1n) is 5.43. The summed E-state index contributed by atoms with van der Waals surface area (Å²) in [5.41, 5.74) is 2.26. The Bertz CT molecular complexity index is 786. The van der Waals surface area contributed by atoms with Crippen molar-refractivity contribution in [3.63, 3.8) is 0 Å². The van der Waals surface area contributed by atoms with Crippen LogP contribution in [-0.4, -0.2) is 13.4 Å².